The van der Waals surface area contributed by atoms with Gasteiger partial charge in [-0.05, 0) is 29.9 Å². The number of hydrogen-bond acceptors (Lipinski definition) is 3. The molecule has 2 fully saturated rings. The molecule has 4 heteroatoms. The second-order valence-electron chi connectivity index (χ2n) is 8.52. The Morgan fingerprint density at radius 2 is 2.08 bits per heavy atom. The summed E-state index contributed by atoms with van der Waals surface area (Å²) in [4.78, 5) is 13.9. The predicted octanol–water partition coefficient (Wildman–Crippen LogP) is 1.79. The number of benzene rings is 1. The van der Waals surface area contributed by atoms with Gasteiger partial charge in [-0.1, -0.05) is 25.7 Å². The number of ketones is 1. The number of Topliss-reactive ketones (excluding diaryl/α,β-unsaturated/α-hetero) is 1. The quantitative estimate of drug-likeness (QED) is 0.835. The van der Waals surface area contributed by atoms with Gasteiger partial charge < -0.3 is 9.84 Å². The Bertz CT molecular complexity index is 793. The lowest BCUT2D eigenvalue weighted by molar-refractivity contribution is -0.894. The van der Waals surface area contributed by atoms with Crippen LogP contribution in [-0.4, -0.2) is 19.4 Å². The van der Waals surface area contributed by atoms with Crippen molar-refractivity contribution >= 4 is 5.78 Å². The topological polar surface area (TPSA) is 53.8 Å². The zero-order chi connectivity index (χ0) is 18.1. The summed E-state index contributed by atoms with van der Waals surface area (Å²) in [6.07, 6.45) is 1.58. The van der Waals surface area contributed by atoms with Crippen LogP contribution in [0.3, 0.4) is 0 Å². The van der Waals surface area contributed by atoms with E-state index in [-0.39, 0.29) is 17.2 Å². The Kier molecular flexibility index (Phi) is 3.56. The molecule has 2 saturated carbocycles. The second kappa shape index (κ2) is 5.34. The Morgan fingerprint density at radius 1 is 1.36 bits per heavy atom. The fraction of sp³-hybridized carbons (Fsp3) is 0.571. The molecule has 1 aliphatic heterocycles. The van der Waals surface area contributed by atoms with E-state index in [1.165, 1.54) is 16.2 Å². The lowest BCUT2D eigenvalue weighted by Crippen LogP contribution is -3.11. The van der Waals surface area contributed by atoms with Gasteiger partial charge in [-0.2, -0.15) is 0 Å². The average Bonchev–Trinajstić information content (AvgIpc) is 2.91. The number of carbonyl (C=O) groups excluding carboxylic acids is 1. The smallest absolute Gasteiger partial charge is 0.165 e. The van der Waals surface area contributed by atoms with Crippen LogP contribution in [-0.2, 0) is 11.2 Å². The summed E-state index contributed by atoms with van der Waals surface area (Å²) in [5, 5.41) is 12.0. The van der Waals surface area contributed by atoms with Crippen molar-refractivity contribution in [2.45, 2.75) is 46.6 Å². The molecule has 0 amide bonds. The Hall–Kier alpha value is -1.81. The van der Waals surface area contributed by atoms with Gasteiger partial charge in [-0.25, -0.2) is 0 Å². The molecule has 1 aromatic carbocycles. The van der Waals surface area contributed by atoms with Crippen LogP contribution in [0, 0.1) is 17.3 Å². The largest absolute Gasteiger partial charge is 0.870 e. The van der Waals surface area contributed by atoms with Crippen LogP contribution in [0.1, 0.15) is 51.3 Å². The summed E-state index contributed by atoms with van der Waals surface area (Å²) in [7, 11) is 1.54. The van der Waals surface area contributed by atoms with E-state index < -0.39 is 0 Å². The van der Waals surface area contributed by atoms with E-state index in [2.05, 4.69) is 27.7 Å². The molecule has 134 valence electrons. The van der Waals surface area contributed by atoms with E-state index in [0.717, 1.165) is 30.5 Å². The zero-order valence-corrected chi connectivity index (χ0v) is 15.7. The maximum atomic E-state index is 12.6. The number of rotatable bonds is 2. The summed E-state index contributed by atoms with van der Waals surface area (Å²) in [5.74, 6) is 1.71. The molecule has 1 unspecified atom stereocenters. The number of nitrogens with one attached hydrogen (secondary N) is 1. The minimum absolute atomic E-state index is 0.0412. The number of carbonyl (C=O) groups is 1. The normalized spacial score (nSPS) is 34.4. The Labute approximate surface area is 149 Å². The summed E-state index contributed by atoms with van der Waals surface area (Å²) in [6, 6.07) is 3.85. The standard InChI is InChI=1S/C21H27NO3/c1-11-14-9-18(25-5)16(23)8-13(14)6-7-22(11)12(2)19-17(24)10-15-20(19)21(15,3)4/h8-9,11,15,20,23H,6-7,10H2,1-5H3/b19-12-/t11-,15-,20-/m1/s1. The van der Waals surface area contributed by atoms with Crippen molar-refractivity contribution in [2.24, 2.45) is 17.3 Å². The minimum atomic E-state index is -0.0412. The first kappa shape index (κ1) is 16.6. The van der Waals surface area contributed by atoms with Crippen LogP contribution in [0.2, 0.25) is 0 Å². The molecule has 0 aromatic heterocycles. The molecule has 4 atom stereocenters. The molecule has 1 heterocycles. The van der Waals surface area contributed by atoms with Crippen molar-refractivity contribution in [1.82, 2.24) is 0 Å². The third kappa shape index (κ3) is 2.27. The zero-order valence-electron chi connectivity index (χ0n) is 15.7. The molecule has 0 bridgehead atoms. The number of hydrogen-bond donors (Lipinski definition) is 1. The molecule has 0 radical (unpaired) electrons. The highest BCUT2D eigenvalue weighted by Gasteiger charge is 2.66. The summed E-state index contributed by atoms with van der Waals surface area (Å²) in [6.45, 7) is 9.83. The van der Waals surface area contributed by atoms with Crippen molar-refractivity contribution in [3.8, 4) is 11.5 Å². The van der Waals surface area contributed by atoms with Gasteiger partial charge in [0.05, 0.1) is 19.2 Å². The van der Waals surface area contributed by atoms with E-state index in [1.807, 2.05) is 6.07 Å². The van der Waals surface area contributed by atoms with Gasteiger partial charge in [0.2, 0.25) is 0 Å². The van der Waals surface area contributed by atoms with Crippen LogP contribution in [0.4, 0.5) is 0 Å². The lowest BCUT2D eigenvalue weighted by atomic mass is 9.90. The van der Waals surface area contributed by atoms with E-state index in [0.29, 0.717) is 23.4 Å². The molecular weight excluding hydrogens is 314 g/mol. The Balaban J connectivity index is 1.71. The third-order valence-electron chi connectivity index (χ3n) is 7.03. The average molecular weight is 341 g/mol. The molecule has 2 aliphatic carbocycles. The fourth-order valence-electron chi connectivity index (χ4n) is 5.38. The van der Waals surface area contributed by atoms with Gasteiger partial charge >= 0.3 is 0 Å². The first-order valence-electron chi connectivity index (χ1n) is 9.25. The fourth-order valence-corrected chi connectivity index (χ4v) is 5.38. The SMILES string of the molecule is COc1cc2c(cc1[O-])CC[NH+](/C(C)=C1/C(=O)C[C@@H]3[C@H]1C3(C)C)[C@@H]2C. The second-order valence-corrected chi connectivity index (χ2v) is 8.52. The van der Waals surface area contributed by atoms with Crippen LogP contribution in [0.5, 0.6) is 11.5 Å². The highest BCUT2D eigenvalue weighted by molar-refractivity contribution is 6.00. The molecule has 4 rings (SSSR count). The molecule has 0 saturated heterocycles. The van der Waals surface area contributed by atoms with Gasteiger partial charge in [0, 0.05) is 31.2 Å². The molecule has 0 spiro atoms. The summed E-state index contributed by atoms with van der Waals surface area (Å²) >= 11 is 0. The first-order chi connectivity index (χ1) is 11.8. The molecule has 4 nitrogen and oxygen atoms in total. The molecular formula is C21H27NO3. The minimum Gasteiger partial charge on any atom is -0.870 e. The predicted molar refractivity (Wildman–Crippen MR) is 93.5 cm³/mol. The molecule has 25 heavy (non-hydrogen) atoms. The third-order valence-corrected chi connectivity index (χ3v) is 7.03. The highest BCUT2D eigenvalue weighted by Crippen LogP contribution is 2.68. The van der Waals surface area contributed by atoms with E-state index in [1.54, 1.807) is 13.2 Å². The summed E-state index contributed by atoms with van der Waals surface area (Å²) < 4.78 is 5.24. The van der Waals surface area contributed by atoms with Crippen LogP contribution in [0.15, 0.2) is 23.4 Å². The van der Waals surface area contributed by atoms with Crippen molar-refractivity contribution in [3.05, 3.63) is 34.5 Å². The van der Waals surface area contributed by atoms with Gasteiger partial charge in [-0.15, -0.1) is 0 Å². The van der Waals surface area contributed by atoms with Crippen molar-refractivity contribution in [3.63, 3.8) is 0 Å². The number of allylic oxidation sites excluding steroid dienone is 2. The molecule has 3 aliphatic rings. The number of quaternary nitrogens is 1. The van der Waals surface area contributed by atoms with Crippen molar-refractivity contribution in [1.29, 1.82) is 0 Å². The maximum absolute atomic E-state index is 12.6. The van der Waals surface area contributed by atoms with Gasteiger partial charge in [-0.3, -0.25) is 9.69 Å². The van der Waals surface area contributed by atoms with Crippen molar-refractivity contribution < 1.29 is 19.5 Å². The van der Waals surface area contributed by atoms with Crippen LogP contribution < -0.4 is 14.7 Å². The molecule has 1 aromatic rings. The highest BCUT2D eigenvalue weighted by atomic mass is 16.5. The summed E-state index contributed by atoms with van der Waals surface area (Å²) in [5.41, 5.74) is 4.89. The first-order valence-corrected chi connectivity index (χ1v) is 9.25. The number of ether oxygens (including phenoxy) is 1. The number of methoxy groups -OCH3 is 1. The van der Waals surface area contributed by atoms with Gasteiger partial charge in [0.15, 0.2) is 5.78 Å². The lowest BCUT2D eigenvalue weighted by Gasteiger charge is -2.34. The Morgan fingerprint density at radius 3 is 2.72 bits per heavy atom. The van der Waals surface area contributed by atoms with Crippen LogP contribution in [0.25, 0.3) is 0 Å². The maximum Gasteiger partial charge on any atom is 0.165 e. The van der Waals surface area contributed by atoms with E-state index >= 15 is 0 Å². The van der Waals surface area contributed by atoms with Gasteiger partial charge in [0.25, 0.3) is 0 Å². The van der Waals surface area contributed by atoms with E-state index in [9.17, 15) is 9.90 Å². The number of fused-ring (bicyclic) bond motifs is 2. The van der Waals surface area contributed by atoms with Crippen LogP contribution >= 0.6 is 0 Å². The monoisotopic (exact) mass is 341 g/mol. The van der Waals surface area contributed by atoms with Gasteiger partial charge in [0.1, 0.15) is 17.5 Å². The molecule has 1 N–H and O–H groups in total. The van der Waals surface area contributed by atoms with Crippen molar-refractivity contribution in [2.75, 3.05) is 13.7 Å². The van der Waals surface area contributed by atoms with E-state index in [4.69, 9.17) is 4.74 Å².